The summed E-state index contributed by atoms with van der Waals surface area (Å²) >= 11 is 0. The maximum atomic E-state index is 12.1. The molecular weight excluding hydrogens is 238 g/mol. The second kappa shape index (κ2) is 6.45. The van der Waals surface area contributed by atoms with Crippen molar-refractivity contribution in [3.63, 3.8) is 0 Å². The summed E-state index contributed by atoms with van der Waals surface area (Å²) in [6, 6.07) is 7.61. The van der Waals surface area contributed by atoms with Crippen LogP contribution in [0.15, 0.2) is 24.3 Å². The molecular formula is C15H25N3O. The molecule has 106 valence electrons. The maximum Gasteiger partial charge on any atom is 0.239 e. The van der Waals surface area contributed by atoms with E-state index in [0.717, 1.165) is 18.7 Å². The lowest BCUT2D eigenvalue weighted by molar-refractivity contribution is -0.121. The number of likely N-dealkylation sites (N-methyl/N-ethyl adjacent to an activating group) is 1. The third-order valence-electron chi connectivity index (χ3n) is 3.31. The van der Waals surface area contributed by atoms with Crippen LogP contribution in [-0.2, 0) is 4.79 Å². The number of benzene rings is 1. The largest absolute Gasteiger partial charge is 0.399 e. The van der Waals surface area contributed by atoms with Crippen LogP contribution in [0, 0.1) is 0 Å². The molecule has 0 heterocycles. The monoisotopic (exact) mass is 263 g/mol. The average Bonchev–Trinajstić information content (AvgIpc) is 2.35. The van der Waals surface area contributed by atoms with Crippen molar-refractivity contribution >= 4 is 17.3 Å². The second-order valence-corrected chi connectivity index (χ2v) is 5.39. The molecule has 0 aromatic heterocycles. The number of anilines is 2. The summed E-state index contributed by atoms with van der Waals surface area (Å²) in [5.41, 5.74) is 7.31. The molecule has 0 fully saturated rings. The molecule has 0 radical (unpaired) electrons. The number of nitrogen functional groups attached to an aromatic ring is 1. The van der Waals surface area contributed by atoms with Crippen molar-refractivity contribution in [2.75, 3.05) is 23.7 Å². The van der Waals surface area contributed by atoms with E-state index in [1.165, 1.54) is 0 Å². The van der Waals surface area contributed by atoms with E-state index >= 15 is 0 Å². The van der Waals surface area contributed by atoms with E-state index < -0.39 is 0 Å². The van der Waals surface area contributed by atoms with Gasteiger partial charge in [0.05, 0.1) is 6.54 Å². The Bertz CT molecular complexity index is 429. The summed E-state index contributed by atoms with van der Waals surface area (Å²) in [6.07, 6.45) is 0.906. The lowest BCUT2D eigenvalue weighted by Crippen LogP contribution is -2.47. The summed E-state index contributed by atoms with van der Waals surface area (Å²) in [7, 11) is 0. The van der Waals surface area contributed by atoms with Crippen LogP contribution in [0.25, 0.3) is 0 Å². The van der Waals surface area contributed by atoms with Gasteiger partial charge in [0.15, 0.2) is 0 Å². The molecule has 0 saturated heterocycles. The van der Waals surface area contributed by atoms with E-state index in [4.69, 9.17) is 5.73 Å². The van der Waals surface area contributed by atoms with Crippen LogP contribution < -0.4 is 16.0 Å². The highest BCUT2D eigenvalue weighted by Crippen LogP contribution is 2.17. The van der Waals surface area contributed by atoms with Crippen LogP contribution >= 0.6 is 0 Å². The van der Waals surface area contributed by atoms with Gasteiger partial charge in [-0.15, -0.1) is 0 Å². The minimum Gasteiger partial charge on any atom is -0.399 e. The molecule has 4 heteroatoms. The zero-order valence-corrected chi connectivity index (χ0v) is 12.4. The highest BCUT2D eigenvalue weighted by atomic mass is 16.2. The summed E-state index contributed by atoms with van der Waals surface area (Å²) < 4.78 is 0. The predicted octanol–water partition coefficient (Wildman–Crippen LogP) is 2.40. The standard InChI is InChI=1S/C15H25N3O/c1-5-15(3,4)17-14(19)11-18(6-2)13-9-7-8-12(16)10-13/h7-10H,5-6,11,16H2,1-4H3,(H,17,19). The van der Waals surface area contributed by atoms with E-state index in [0.29, 0.717) is 12.2 Å². The lowest BCUT2D eigenvalue weighted by Gasteiger charge is -2.28. The number of hydrogen-bond donors (Lipinski definition) is 2. The fourth-order valence-electron chi connectivity index (χ4n) is 1.79. The van der Waals surface area contributed by atoms with Crippen LogP contribution in [0.1, 0.15) is 34.1 Å². The number of hydrogen-bond acceptors (Lipinski definition) is 3. The Morgan fingerprint density at radius 1 is 1.37 bits per heavy atom. The first-order valence-electron chi connectivity index (χ1n) is 6.79. The normalized spacial score (nSPS) is 11.2. The van der Waals surface area contributed by atoms with Gasteiger partial charge in [0, 0.05) is 23.5 Å². The van der Waals surface area contributed by atoms with Crippen molar-refractivity contribution in [3.05, 3.63) is 24.3 Å². The van der Waals surface area contributed by atoms with E-state index in [1.807, 2.05) is 49.9 Å². The topological polar surface area (TPSA) is 58.4 Å². The molecule has 19 heavy (non-hydrogen) atoms. The summed E-state index contributed by atoms with van der Waals surface area (Å²) in [4.78, 5) is 14.1. The Kier molecular flexibility index (Phi) is 5.21. The first-order chi connectivity index (χ1) is 8.88. The van der Waals surface area contributed by atoms with Gasteiger partial charge in [-0.1, -0.05) is 13.0 Å². The third kappa shape index (κ3) is 4.81. The number of carbonyl (C=O) groups excluding carboxylic acids is 1. The van der Waals surface area contributed by atoms with Gasteiger partial charge in [0.25, 0.3) is 0 Å². The van der Waals surface area contributed by atoms with Crippen molar-refractivity contribution in [1.82, 2.24) is 5.32 Å². The van der Waals surface area contributed by atoms with Crippen LogP contribution in [0.2, 0.25) is 0 Å². The van der Waals surface area contributed by atoms with Gasteiger partial charge in [-0.25, -0.2) is 0 Å². The Balaban J connectivity index is 2.70. The van der Waals surface area contributed by atoms with Gasteiger partial charge in [0.1, 0.15) is 0 Å². The zero-order chi connectivity index (χ0) is 14.5. The van der Waals surface area contributed by atoms with Gasteiger partial charge in [0.2, 0.25) is 5.91 Å². The van der Waals surface area contributed by atoms with Crippen LogP contribution in [-0.4, -0.2) is 24.5 Å². The SMILES string of the molecule is CCN(CC(=O)NC(C)(C)CC)c1cccc(N)c1. The van der Waals surface area contributed by atoms with Gasteiger partial charge < -0.3 is 16.0 Å². The van der Waals surface area contributed by atoms with Crippen molar-refractivity contribution in [3.8, 4) is 0 Å². The summed E-state index contributed by atoms with van der Waals surface area (Å²) in [5.74, 6) is 0.0381. The molecule has 0 spiro atoms. The molecule has 0 bridgehead atoms. The first-order valence-corrected chi connectivity index (χ1v) is 6.79. The zero-order valence-electron chi connectivity index (χ0n) is 12.4. The Hall–Kier alpha value is -1.71. The highest BCUT2D eigenvalue weighted by molar-refractivity contribution is 5.82. The second-order valence-electron chi connectivity index (χ2n) is 5.39. The third-order valence-corrected chi connectivity index (χ3v) is 3.31. The summed E-state index contributed by atoms with van der Waals surface area (Å²) in [5, 5.41) is 3.04. The van der Waals surface area contributed by atoms with Crippen molar-refractivity contribution < 1.29 is 4.79 Å². The quantitative estimate of drug-likeness (QED) is 0.775. The van der Waals surface area contributed by atoms with Crippen LogP contribution in [0.5, 0.6) is 0 Å². The van der Waals surface area contributed by atoms with Crippen molar-refractivity contribution in [1.29, 1.82) is 0 Å². The Morgan fingerprint density at radius 3 is 2.58 bits per heavy atom. The Labute approximate surface area is 116 Å². The number of nitrogens with zero attached hydrogens (tertiary/aromatic N) is 1. The van der Waals surface area contributed by atoms with Crippen LogP contribution in [0.4, 0.5) is 11.4 Å². The molecule has 0 atom stereocenters. The van der Waals surface area contributed by atoms with Crippen molar-refractivity contribution in [2.45, 2.75) is 39.7 Å². The molecule has 0 aliphatic rings. The Morgan fingerprint density at radius 2 is 2.05 bits per heavy atom. The van der Waals surface area contributed by atoms with Crippen LogP contribution in [0.3, 0.4) is 0 Å². The first kappa shape index (κ1) is 15.3. The molecule has 4 nitrogen and oxygen atoms in total. The number of rotatable bonds is 6. The average molecular weight is 263 g/mol. The number of nitrogens with one attached hydrogen (secondary N) is 1. The predicted molar refractivity (Wildman–Crippen MR) is 81.3 cm³/mol. The van der Waals surface area contributed by atoms with Gasteiger partial charge in [-0.3, -0.25) is 4.79 Å². The molecule has 1 rings (SSSR count). The smallest absolute Gasteiger partial charge is 0.239 e. The molecule has 1 aromatic carbocycles. The van der Waals surface area contributed by atoms with E-state index in [9.17, 15) is 4.79 Å². The maximum absolute atomic E-state index is 12.1. The van der Waals surface area contributed by atoms with E-state index in [-0.39, 0.29) is 11.4 Å². The minimum absolute atomic E-state index is 0.0381. The number of nitrogens with two attached hydrogens (primary N) is 1. The van der Waals surface area contributed by atoms with Crippen molar-refractivity contribution in [2.24, 2.45) is 0 Å². The van der Waals surface area contributed by atoms with Gasteiger partial charge in [-0.2, -0.15) is 0 Å². The van der Waals surface area contributed by atoms with Gasteiger partial charge >= 0.3 is 0 Å². The number of amides is 1. The molecule has 0 unspecified atom stereocenters. The molecule has 3 N–H and O–H groups in total. The molecule has 0 aliphatic carbocycles. The molecule has 1 amide bonds. The van der Waals surface area contributed by atoms with E-state index in [2.05, 4.69) is 12.2 Å². The minimum atomic E-state index is -0.161. The molecule has 1 aromatic rings. The van der Waals surface area contributed by atoms with Gasteiger partial charge in [-0.05, 0) is 45.4 Å². The van der Waals surface area contributed by atoms with E-state index in [1.54, 1.807) is 0 Å². The lowest BCUT2D eigenvalue weighted by atomic mass is 10.0. The highest BCUT2D eigenvalue weighted by Gasteiger charge is 2.19. The number of carbonyl (C=O) groups is 1. The molecule has 0 aliphatic heterocycles. The molecule has 0 saturated carbocycles. The fraction of sp³-hybridized carbons (Fsp3) is 0.533. The summed E-state index contributed by atoms with van der Waals surface area (Å²) in [6.45, 7) is 9.27. The fourth-order valence-corrected chi connectivity index (χ4v) is 1.79.